The normalized spacial score (nSPS) is 25.1. The predicted molar refractivity (Wildman–Crippen MR) is 52.8 cm³/mol. The lowest BCUT2D eigenvalue weighted by Gasteiger charge is -2.06. The van der Waals surface area contributed by atoms with Crippen LogP contribution in [0.5, 0.6) is 0 Å². The van der Waals surface area contributed by atoms with Crippen LogP contribution in [0, 0.1) is 5.92 Å². The Morgan fingerprint density at radius 1 is 1.64 bits per heavy atom. The summed E-state index contributed by atoms with van der Waals surface area (Å²) >= 11 is 0. The Hall–Kier alpha value is -1.25. The van der Waals surface area contributed by atoms with Gasteiger partial charge in [0.2, 0.25) is 5.91 Å². The zero-order chi connectivity index (χ0) is 10.1. The van der Waals surface area contributed by atoms with Gasteiger partial charge in [0.15, 0.2) is 0 Å². The first-order valence-electron chi connectivity index (χ1n) is 5.02. The van der Waals surface area contributed by atoms with Crippen LogP contribution in [-0.2, 0) is 4.79 Å². The van der Waals surface area contributed by atoms with E-state index in [1.807, 2.05) is 26.0 Å². The van der Waals surface area contributed by atoms with Gasteiger partial charge in [0.25, 0.3) is 0 Å². The summed E-state index contributed by atoms with van der Waals surface area (Å²) in [6, 6.07) is 4.03. The number of furan rings is 1. The van der Waals surface area contributed by atoms with Gasteiger partial charge >= 0.3 is 0 Å². The number of carbonyl (C=O) groups excluding carboxylic acids is 1. The van der Waals surface area contributed by atoms with E-state index < -0.39 is 0 Å². The fourth-order valence-electron chi connectivity index (χ4n) is 1.69. The second-order valence-electron chi connectivity index (χ2n) is 4.13. The Balaban J connectivity index is 1.90. The largest absolute Gasteiger partial charge is 0.469 e. The summed E-state index contributed by atoms with van der Waals surface area (Å²) in [6.45, 7) is 3.95. The van der Waals surface area contributed by atoms with Crippen LogP contribution in [0.3, 0.4) is 0 Å². The summed E-state index contributed by atoms with van der Waals surface area (Å²) in [5, 5.41) is 2.92. The number of hydrogen-bond donors (Lipinski definition) is 1. The highest BCUT2D eigenvalue weighted by molar-refractivity contribution is 5.82. The van der Waals surface area contributed by atoms with Gasteiger partial charge in [0.1, 0.15) is 5.76 Å². The molecular formula is C11H15NO2. The molecule has 1 aliphatic rings. The van der Waals surface area contributed by atoms with Crippen molar-refractivity contribution in [2.75, 3.05) is 0 Å². The molecule has 3 nitrogen and oxygen atoms in total. The van der Waals surface area contributed by atoms with Gasteiger partial charge in [-0.3, -0.25) is 4.79 Å². The Labute approximate surface area is 83.5 Å². The van der Waals surface area contributed by atoms with Crippen molar-refractivity contribution in [1.82, 2.24) is 5.32 Å². The molecule has 1 N–H and O–H groups in total. The molecule has 1 heterocycles. The van der Waals surface area contributed by atoms with Crippen molar-refractivity contribution in [3.63, 3.8) is 0 Å². The van der Waals surface area contributed by atoms with Crippen LogP contribution in [0.15, 0.2) is 22.8 Å². The Morgan fingerprint density at radius 2 is 2.43 bits per heavy atom. The molecule has 1 aliphatic carbocycles. The van der Waals surface area contributed by atoms with Crippen LogP contribution < -0.4 is 5.32 Å². The first-order valence-corrected chi connectivity index (χ1v) is 5.02. The van der Waals surface area contributed by atoms with E-state index in [2.05, 4.69) is 5.32 Å². The quantitative estimate of drug-likeness (QED) is 0.796. The number of carbonyl (C=O) groups is 1. The van der Waals surface area contributed by atoms with E-state index in [0.29, 0.717) is 5.92 Å². The summed E-state index contributed by atoms with van der Waals surface area (Å²) < 4.78 is 5.26. The summed E-state index contributed by atoms with van der Waals surface area (Å²) in [6.07, 6.45) is 2.58. The summed E-state index contributed by atoms with van der Waals surface area (Å²) in [7, 11) is 0. The van der Waals surface area contributed by atoms with Crippen molar-refractivity contribution in [2.45, 2.75) is 32.2 Å². The molecule has 14 heavy (non-hydrogen) atoms. The minimum atomic E-state index is 0.128. The zero-order valence-corrected chi connectivity index (χ0v) is 8.49. The van der Waals surface area contributed by atoms with Crippen molar-refractivity contribution < 1.29 is 9.21 Å². The summed E-state index contributed by atoms with van der Waals surface area (Å²) in [5.74, 6) is 1.53. The van der Waals surface area contributed by atoms with E-state index in [-0.39, 0.29) is 17.9 Å². The molecule has 0 radical (unpaired) electrons. The van der Waals surface area contributed by atoms with Gasteiger partial charge in [-0.1, -0.05) is 0 Å². The maximum atomic E-state index is 11.6. The second kappa shape index (κ2) is 3.48. The molecular weight excluding hydrogens is 178 g/mol. The first kappa shape index (κ1) is 9.31. The van der Waals surface area contributed by atoms with E-state index in [4.69, 9.17) is 4.42 Å². The van der Waals surface area contributed by atoms with Crippen LogP contribution in [0.25, 0.3) is 0 Å². The van der Waals surface area contributed by atoms with Crippen molar-refractivity contribution in [2.24, 2.45) is 5.92 Å². The number of rotatable bonds is 3. The van der Waals surface area contributed by atoms with E-state index in [1.54, 1.807) is 6.26 Å². The Kier molecular flexibility index (Phi) is 2.32. The van der Waals surface area contributed by atoms with Crippen LogP contribution in [0.4, 0.5) is 0 Å². The molecule has 1 saturated carbocycles. The van der Waals surface area contributed by atoms with Crippen LogP contribution in [0.2, 0.25) is 0 Å². The molecule has 1 fully saturated rings. The Bertz CT molecular complexity index is 316. The third-order valence-electron chi connectivity index (χ3n) is 2.47. The molecule has 76 valence electrons. The lowest BCUT2D eigenvalue weighted by atomic mass is 10.2. The first-order chi connectivity index (χ1) is 6.68. The monoisotopic (exact) mass is 193 g/mol. The maximum absolute atomic E-state index is 11.6. The third kappa shape index (κ3) is 1.81. The number of amides is 1. The molecule has 1 aromatic rings. The smallest absolute Gasteiger partial charge is 0.224 e. The highest BCUT2D eigenvalue weighted by Gasteiger charge is 2.45. The standard InChI is InChI=1S/C11H15NO2/c1-7(2)12-11(13)9-6-8(9)10-4-3-5-14-10/h3-5,7-9H,6H2,1-2H3,(H,12,13). The highest BCUT2D eigenvalue weighted by Crippen LogP contribution is 2.47. The molecule has 0 saturated heterocycles. The topological polar surface area (TPSA) is 42.2 Å². The lowest BCUT2D eigenvalue weighted by molar-refractivity contribution is -0.122. The number of hydrogen-bond acceptors (Lipinski definition) is 2. The van der Waals surface area contributed by atoms with Gasteiger partial charge in [-0.05, 0) is 32.4 Å². The molecule has 0 aliphatic heterocycles. The van der Waals surface area contributed by atoms with Gasteiger partial charge < -0.3 is 9.73 Å². The van der Waals surface area contributed by atoms with Gasteiger partial charge in [-0.15, -0.1) is 0 Å². The van der Waals surface area contributed by atoms with Gasteiger partial charge in [-0.25, -0.2) is 0 Å². The van der Waals surface area contributed by atoms with Gasteiger partial charge in [0.05, 0.1) is 6.26 Å². The molecule has 2 atom stereocenters. The van der Waals surface area contributed by atoms with E-state index in [9.17, 15) is 4.79 Å². The van der Waals surface area contributed by atoms with Gasteiger partial charge in [0, 0.05) is 17.9 Å². The Morgan fingerprint density at radius 3 is 3.00 bits per heavy atom. The molecule has 0 spiro atoms. The van der Waals surface area contributed by atoms with E-state index in [0.717, 1.165) is 12.2 Å². The van der Waals surface area contributed by atoms with E-state index in [1.165, 1.54) is 0 Å². The third-order valence-corrected chi connectivity index (χ3v) is 2.47. The molecule has 2 rings (SSSR count). The second-order valence-corrected chi connectivity index (χ2v) is 4.13. The van der Waals surface area contributed by atoms with Crippen molar-refractivity contribution >= 4 is 5.91 Å². The van der Waals surface area contributed by atoms with Crippen molar-refractivity contribution in [3.8, 4) is 0 Å². The fraction of sp³-hybridized carbons (Fsp3) is 0.545. The molecule has 3 heteroatoms. The summed E-state index contributed by atoms with van der Waals surface area (Å²) in [5.41, 5.74) is 0. The molecule has 1 amide bonds. The number of nitrogens with one attached hydrogen (secondary N) is 1. The summed E-state index contributed by atoms with van der Waals surface area (Å²) in [4.78, 5) is 11.6. The maximum Gasteiger partial charge on any atom is 0.224 e. The predicted octanol–water partition coefficient (Wildman–Crippen LogP) is 1.91. The minimum Gasteiger partial charge on any atom is -0.469 e. The van der Waals surface area contributed by atoms with Crippen LogP contribution in [-0.4, -0.2) is 11.9 Å². The molecule has 0 bridgehead atoms. The molecule has 2 unspecified atom stereocenters. The SMILES string of the molecule is CC(C)NC(=O)C1CC1c1ccco1. The van der Waals surface area contributed by atoms with E-state index >= 15 is 0 Å². The van der Waals surface area contributed by atoms with Crippen LogP contribution >= 0.6 is 0 Å². The average Bonchev–Trinajstić information content (AvgIpc) is 2.73. The average molecular weight is 193 g/mol. The minimum absolute atomic E-state index is 0.128. The molecule has 0 aromatic carbocycles. The zero-order valence-electron chi connectivity index (χ0n) is 8.49. The van der Waals surface area contributed by atoms with Crippen molar-refractivity contribution in [3.05, 3.63) is 24.2 Å². The fourth-order valence-corrected chi connectivity index (χ4v) is 1.69. The highest BCUT2D eigenvalue weighted by atomic mass is 16.3. The van der Waals surface area contributed by atoms with Gasteiger partial charge in [-0.2, -0.15) is 0 Å². The molecule has 1 aromatic heterocycles. The van der Waals surface area contributed by atoms with Crippen molar-refractivity contribution in [1.29, 1.82) is 0 Å². The van der Waals surface area contributed by atoms with Crippen LogP contribution in [0.1, 0.15) is 31.9 Å². The lowest BCUT2D eigenvalue weighted by Crippen LogP contribution is -2.31.